The fourth-order valence-corrected chi connectivity index (χ4v) is 1.52. The zero-order valence-corrected chi connectivity index (χ0v) is 8.00. The Morgan fingerprint density at radius 1 is 1.44 bits per heavy atom. The number of esters is 2. The first kappa shape index (κ1) is 10.3. The van der Waals surface area contributed by atoms with Crippen molar-refractivity contribution in [3.63, 3.8) is 0 Å². The molecule has 1 aliphatic rings. The van der Waals surface area contributed by atoms with Crippen LogP contribution in [-0.2, 0) is 14.3 Å². The smallest absolute Gasteiger partial charge is 0.342 e. The van der Waals surface area contributed by atoms with Crippen molar-refractivity contribution < 1.29 is 19.2 Å². The molecule has 16 heavy (non-hydrogen) atoms. The maximum absolute atomic E-state index is 11.0. The van der Waals surface area contributed by atoms with E-state index in [1.54, 1.807) is 0 Å². The van der Waals surface area contributed by atoms with Gasteiger partial charge in [0.1, 0.15) is 0 Å². The molecule has 84 valence electrons. The lowest BCUT2D eigenvalue weighted by molar-refractivity contribution is -0.389. The molecule has 1 N–H and O–H groups in total. The summed E-state index contributed by atoms with van der Waals surface area (Å²) in [6.45, 7) is 0. The number of nitrogens with one attached hydrogen (secondary N) is 1. The average Bonchev–Trinajstić information content (AvgIpc) is 2.64. The molecule has 2 rings (SSSR count). The molecule has 0 spiro atoms. The third-order valence-electron chi connectivity index (χ3n) is 2.25. The van der Waals surface area contributed by atoms with Crippen molar-refractivity contribution >= 4 is 17.8 Å². The highest BCUT2D eigenvalue weighted by molar-refractivity contribution is 5.89. The Morgan fingerprint density at radius 2 is 2.06 bits per heavy atom. The predicted octanol–water partition coefficient (Wildman–Crippen LogP) is 0.265. The summed E-state index contributed by atoms with van der Waals surface area (Å²) in [6.07, 6.45) is 0.0154. The zero-order valence-electron chi connectivity index (χ0n) is 8.00. The Labute approximate surface area is 88.7 Å². The first-order valence-electron chi connectivity index (χ1n) is 4.49. The lowest BCUT2D eigenvalue weighted by Crippen LogP contribution is -2.24. The van der Waals surface area contributed by atoms with E-state index in [0.29, 0.717) is 5.69 Å². The maximum atomic E-state index is 11.0. The van der Waals surface area contributed by atoms with E-state index < -0.39 is 22.8 Å². The number of carbonyl (C=O) groups excluding carboxylic acids is 2. The lowest BCUT2D eigenvalue weighted by atomic mass is 9.96. The zero-order chi connectivity index (χ0) is 11.7. The molecule has 8 nitrogen and oxygen atoms in total. The van der Waals surface area contributed by atoms with Gasteiger partial charge >= 0.3 is 17.8 Å². The minimum Gasteiger partial charge on any atom is -0.393 e. The van der Waals surface area contributed by atoms with Crippen LogP contribution in [0.5, 0.6) is 0 Å². The standard InChI is InChI=1S/C8H7N3O5/c12-7-1-4(2-8(13)16-7)5-3-6(10-9-5)11(14)15/h3-4H,1-2H2,(H,9,10). The van der Waals surface area contributed by atoms with E-state index in [-0.39, 0.29) is 18.7 Å². The number of hydrogen-bond acceptors (Lipinski definition) is 6. The summed E-state index contributed by atoms with van der Waals surface area (Å²) < 4.78 is 4.34. The fourth-order valence-electron chi connectivity index (χ4n) is 1.52. The van der Waals surface area contributed by atoms with Crippen molar-refractivity contribution in [2.75, 3.05) is 0 Å². The van der Waals surface area contributed by atoms with Gasteiger partial charge in [-0.3, -0.25) is 9.59 Å². The van der Waals surface area contributed by atoms with Gasteiger partial charge in [-0.1, -0.05) is 5.10 Å². The molecular formula is C8H7N3O5. The molecule has 8 heteroatoms. The number of ether oxygens (including phenoxy) is 1. The molecule has 1 saturated heterocycles. The highest BCUT2D eigenvalue weighted by atomic mass is 16.6. The van der Waals surface area contributed by atoms with Crippen LogP contribution in [0.1, 0.15) is 24.5 Å². The highest BCUT2D eigenvalue weighted by Crippen LogP contribution is 2.28. The SMILES string of the molecule is O=C1CC(c2cc([N+](=O)[O-])[nH]n2)CC(=O)O1. The first-order chi connectivity index (χ1) is 7.56. The van der Waals surface area contributed by atoms with Crippen molar-refractivity contribution in [2.24, 2.45) is 0 Å². The highest BCUT2D eigenvalue weighted by Gasteiger charge is 2.31. The van der Waals surface area contributed by atoms with Gasteiger partial charge in [-0.25, -0.2) is 0 Å². The topological polar surface area (TPSA) is 115 Å². The number of aromatic nitrogens is 2. The second-order valence-electron chi connectivity index (χ2n) is 3.39. The normalized spacial score (nSPS) is 17.2. The van der Waals surface area contributed by atoms with Crippen LogP contribution in [0.25, 0.3) is 0 Å². The molecule has 0 aliphatic carbocycles. The number of carbonyl (C=O) groups is 2. The summed E-state index contributed by atoms with van der Waals surface area (Å²) in [5, 5.41) is 16.3. The minimum absolute atomic E-state index is 0.00769. The number of hydrogen-bond donors (Lipinski definition) is 1. The van der Waals surface area contributed by atoms with E-state index in [0.717, 1.165) is 0 Å². The Hall–Kier alpha value is -2.25. The molecule has 1 aromatic rings. The molecule has 1 aliphatic heterocycles. The van der Waals surface area contributed by atoms with Crippen LogP contribution in [0.3, 0.4) is 0 Å². The van der Waals surface area contributed by atoms with Gasteiger partial charge in [0, 0.05) is 5.92 Å². The summed E-state index contributed by atoms with van der Waals surface area (Å²) in [6, 6.07) is 1.22. The Bertz CT molecular complexity index is 450. The number of H-pyrrole nitrogens is 1. The largest absolute Gasteiger partial charge is 0.393 e. The number of nitro groups is 1. The molecule has 1 fully saturated rings. The van der Waals surface area contributed by atoms with Gasteiger partial charge in [0.2, 0.25) is 0 Å². The molecule has 1 aromatic heterocycles. The van der Waals surface area contributed by atoms with Crippen LogP contribution in [-0.4, -0.2) is 27.1 Å². The molecule has 0 bridgehead atoms. The summed E-state index contributed by atoms with van der Waals surface area (Å²) in [5.74, 6) is -1.97. The van der Waals surface area contributed by atoms with Crippen LogP contribution >= 0.6 is 0 Å². The predicted molar refractivity (Wildman–Crippen MR) is 48.3 cm³/mol. The van der Waals surface area contributed by atoms with Crippen molar-refractivity contribution in [1.82, 2.24) is 10.2 Å². The molecular weight excluding hydrogens is 218 g/mol. The molecule has 0 unspecified atom stereocenters. The van der Waals surface area contributed by atoms with Gasteiger partial charge in [-0.15, -0.1) is 5.10 Å². The van der Waals surface area contributed by atoms with Gasteiger partial charge in [-0.2, -0.15) is 0 Å². The quantitative estimate of drug-likeness (QED) is 0.334. The van der Waals surface area contributed by atoms with Gasteiger partial charge in [0.25, 0.3) is 0 Å². The van der Waals surface area contributed by atoms with E-state index in [9.17, 15) is 19.7 Å². The van der Waals surface area contributed by atoms with Crippen molar-refractivity contribution in [3.8, 4) is 0 Å². The lowest BCUT2D eigenvalue weighted by Gasteiger charge is -2.16. The number of nitrogens with zero attached hydrogens (tertiary/aromatic N) is 2. The van der Waals surface area contributed by atoms with E-state index >= 15 is 0 Å². The molecule has 2 heterocycles. The second-order valence-corrected chi connectivity index (χ2v) is 3.39. The van der Waals surface area contributed by atoms with Crippen LogP contribution < -0.4 is 0 Å². The molecule has 0 amide bonds. The number of rotatable bonds is 2. The third kappa shape index (κ3) is 1.90. The Balaban J connectivity index is 2.19. The van der Waals surface area contributed by atoms with E-state index in [1.165, 1.54) is 6.07 Å². The maximum Gasteiger partial charge on any atom is 0.342 e. The fraction of sp³-hybridized carbons (Fsp3) is 0.375. The van der Waals surface area contributed by atoms with Gasteiger partial charge < -0.3 is 14.9 Å². The average molecular weight is 225 g/mol. The number of cyclic esters (lactones) is 2. The summed E-state index contributed by atoms with van der Waals surface area (Å²) >= 11 is 0. The summed E-state index contributed by atoms with van der Waals surface area (Å²) in [7, 11) is 0. The van der Waals surface area contributed by atoms with E-state index in [1.807, 2.05) is 0 Å². The van der Waals surface area contributed by atoms with Crippen LogP contribution in [0.2, 0.25) is 0 Å². The summed E-state index contributed by atoms with van der Waals surface area (Å²) in [4.78, 5) is 31.7. The molecule has 0 atom stereocenters. The number of aromatic amines is 1. The Kier molecular flexibility index (Phi) is 2.39. The van der Waals surface area contributed by atoms with Crippen LogP contribution in [0, 0.1) is 10.1 Å². The molecule has 0 saturated carbocycles. The van der Waals surface area contributed by atoms with Crippen molar-refractivity contribution in [3.05, 3.63) is 21.9 Å². The van der Waals surface area contributed by atoms with Gasteiger partial charge in [0.15, 0.2) is 0 Å². The third-order valence-corrected chi connectivity index (χ3v) is 2.25. The minimum atomic E-state index is -0.632. The molecule has 0 aromatic carbocycles. The monoisotopic (exact) mass is 225 g/mol. The van der Waals surface area contributed by atoms with Crippen LogP contribution in [0.15, 0.2) is 6.07 Å². The second kappa shape index (κ2) is 3.72. The van der Waals surface area contributed by atoms with Gasteiger partial charge in [0.05, 0.1) is 24.6 Å². The van der Waals surface area contributed by atoms with Crippen LogP contribution in [0.4, 0.5) is 5.82 Å². The van der Waals surface area contributed by atoms with Crippen molar-refractivity contribution in [2.45, 2.75) is 18.8 Å². The van der Waals surface area contributed by atoms with Gasteiger partial charge in [-0.05, 0) is 4.92 Å². The Morgan fingerprint density at radius 3 is 2.56 bits per heavy atom. The summed E-state index contributed by atoms with van der Waals surface area (Å²) in [5.41, 5.74) is 0.330. The van der Waals surface area contributed by atoms with Crippen molar-refractivity contribution in [1.29, 1.82) is 0 Å². The van der Waals surface area contributed by atoms with E-state index in [2.05, 4.69) is 14.9 Å². The van der Waals surface area contributed by atoms with E-state index in [4.69, 9.17) is 0 Å². The first-order valence-corrected chi connectivity index (χ1v) is 4.49. The molecule has 0 radical (unpaired) electrons.